The van der Waals surface area contributed by atoms with Gasteiger partial charge in [-0.2, -0.15) is 0 Å². The van der Waals surface area contributed by atoms with Crippen LogP contribution in [0.1, 0.15) is 47.0 Å². The summed E-state index contributed by atoms with van der Waals surface area (Å²) in [5.74, 6) is 1.09. The molecule has 1 amide bonds. The zero-order valence-corrected chi connectivity index (χ0v) is 10.7. The number of rotatable bonds is 4. The van der Waals surface area contributed by atoms with Gasteiger partial charge in [-0.15, -0.1) is 0 Å². The third-order valence-electron chi connectivity index (χ3n) is 2.82. The maximum Gasteiger partial charge on any atom is 0.257 e. The number of nitrogens with zero attached hydrogens (tertiary/aromatic N) is 2. The van der Waals surface area contributed by atoms with Crippen LogP contribution in [0.15, 0.2) is 16.9 Å². The number of hydrogen-bond donors (Lipinski definition) is 2. The third kappa shape index (κ3) is 2.27. The Morgan fingerprint density at radius 1 is 1.56 bits per heavy atom. The molecule has 18 heavy (non-hydrogen) atoms. The van der Waals surface area contributed by atoms with Crippen LogP contribution in [0.3, 0.4) is 0 Å². The summed E-state index contributed by atoms with van der Waals surface area (Å²) >= 11 is 0. The lowest BCUT2D eigenvalue weighted by molar-refractivity contribution is 0.0932. The molecule has 2 aromatic rings. The molecule has 2 N–H and O–H groups in total. The quantitative estimate of drug-likeness (QED) is 0.865. The van der Waals surface area contributed by atoms with Gasteiger partial charge in [0.25, 0.3) is 5.91 Å². The largest absolute Gasteiger partial charge is 0.361 e. The normalized spacial score (nSPS) is 12.4. The highest BCUT2D eigenvalue weighted by Crippen LogP contribution is 2.16. The molecule has 96 valence electrons. The van der Waals surface area contributed by atoms with Crippen molar-refractivity contribution in [1.29, 1.82) is 0 Å². The second kappa shape index (κ2) is 5.03. The fraction of sp³-hybridized carbons (Fsp3) is 0.417. The molecule has 0 saturated heterocycles. The average molecular weight is 248 g/mol. The standard InChI is InChI=1S/C12H16N4O2/c1-4-9(11-13-5-6-14-11)15-12(17)10-7(2)16-18-8(10)3/h5-6,9H,4H2,1-3H3,(H,13,14)(H,15,17). The van der Waals surface area contributed by atoms with E-state index in [4.69, 9.17) is 4.52 Å². The number of aromatic amines is 1. The maximum atomic E-state index is 12.2. The molecule has 0 aliphatic rings. The number of hydrogen-bond acceptors (Lipinski definition) is 4. The smallest absolute Gasteiger partial charge is 0.257 e. The van der Waals surface area contributed by atoms with E-state index in [1.54, 1.807) is 26.2 Å². The number of aryl methyl sites for hydroxylation is 2. The molecule has 0 radical (unpaired) electrons. The Hall–Kier alpha value is -2.11. The highest BCUT2D eigenvalue weighted by Gasteiger charge is 2.21. The van der Waals surface area contributed by atoms with Crippen LogP contribution < -0.4 is 5.32 Å². The topological polar surface area (TPSA) is 83.8 Å². The molecule has 0 aliphatic carbocycles. The summed E-state index contributed by atoms with van der Waals surface area (Å²) in [6.45, 7) is 5.46. The van der Waals surface area contributed by atoms with E-state index in [2.05, 4.69) is 20.4 Å². The van der Waals surface area contributed by atoms with Crippen molar-refractivity contribution in [2.45, 2.75) is 33.2 Å². The molecule has 6 heteroatoms. The van der Waals surface area contributed by atoms with Crippen molar-refractivity contribution in [3.8, 4) is 0 Å². The van der Waals surface area contributed by atoms with Crippen molar-refractivity contribution in [3.63, 3.8) is 0 Å². The number of H-pyrrole nitrogens is 1. The van der Waals surface area contributed by atoms with Crippen molar-refractivity contribution < 1.29 is 9.32 Å². The summed E-state index contributed by atoms with van der Waals surface area (Å²) in [7, 11) is 0. The van der Waals surface area contributed by atoms with Crippen LogP contribution in [0.5, 0.6) is 0 Å². The van der Waals surface area contributed by atoms with Crippen LogP contribution in [-0.4, -0.2) is 21.0 Å². The zero-order chi connectivity index (χ0) is 13.1. The van der Waals surface area contributed by atoms with Crippen LogP contribution in [0, 0.1) is 13.8 Å². The third-order valence-corrected chi connectivity index (χ3v) is 2.82. The van der Waals surface area contributed by atoms with E-state index in [1.165, 1.54) is 0 Å². The summed E-state index contributed by atoms with van der Waals surface area (Å²) in [6, 6.07) is -0.138. The van der Waals surface area contributed by atoms with Gasteiger partial charge in [0.15, 0.2) is 0 Å². The molecule has 0 aliphatic heterocycles. The predicted octanol–water partition coefficient (Wildman–Crippen LogP) is 1.90. The van der Waals surface area contributed by atoms with E-state index < -0.39 is 0 Å². The van der Waals surface area contributed by atoms with E-state index in [0.29, 0.717) is 17.0 Å². The molecule has 0 spiro atoms. The SMILES string of the molecule is CCC(NC(=O)c1c(C)noc1C)c1ncc[nH]1. The zero-order valence-electron chi connectivity index (χ0n) is 10.7. The number of aromatic nitrogens is 3. The first kappa shape index (κ1) is 12.3. The Bertz CT molecular complexity index is 511. The number of carbonyl (C=O) groups excluding carboxylic acids is 1. The van der Waals surface area contributed by atoms with Crippen molar-refractivity contribution in [1.82, 2.24) is 20.4 Å². The van der Waals surface area contributed by atoms with Gasteiger partial charge < -0.3 is 14.8 Å². The monoisotopic (exact) mass is 248 g/mol. The number of amides is 1. The first-order chi connectivity index (χ1) is 8.63. The minimum absolute atomic E-state index is 0.138. The van der Waals surface area contributed by atoms with E-state index >= 15 is 0 Å². The first-order valence-electron chi connectivity index (χ1n) is 5.86. The van der Waals surface area contributed by atoms with Gasteiger partial charge in [-0.25, -0.2) is 4.98 Å². The lowest BCUT2D eigenvalue weighted by Crippen LogP contribution is -2.29. The molecule has 0 bridgehead atoms. The summed E-state index contributed by atoms with van der Waals surface area (Å²) in [4.78, 5) is 19.3. The van der Waals surface area contributed by atoms with Gasteiger partial charge in [-0.05, 0) is 20.3 Å². The van der Waals surface area contributed by atoms with Crippen LogP contribution in [0.2, 0.25) is 0 Å². The van der Waals surface area contributed by atoms with Gasteiger partial charge in [0, 0.05) is 12.4 Å². The first-order valence-corrected chi connectivity index (χ1v) is 5.86. The van der Waals surface area contributed by atoms with Crippen molar-refractivity contribution >= 4 is 5.91 Å². The fourth-order valence-corrected chi connectivity index (χ4v) is 1.87. The summed E-state index contributed by atoms with van der Waals surface area (Å²) in [5, 5.41) is 6.69. The van der Waals surface area contributed by atoms with Gasteiger partial charge in [-0.1, -0.05) is 12.1 Å². The van der Waals surface area contributed by atoms with Gasteiger partial charge in [0.05, 0.1) is 11.7 Å². The summed E-state index contributed by atoms with van der Waals surface area (Å²) in [5.41, 5.74) is 1.10. The second-order valence-corrected chi connectivity index (χ2v) is 4.11. The predicted molar refractivity (Wildman–Crippen MR) is 65.1 cm³/mol. The highest BCUT2D eigenvalue weighted by atomic mass is 16.5. The second-order valence-electron chi connectivity index (χ2n) is 4.11. The van der Waals surface area contributed by atoms with E-state index in [0.717, 1.165) is 12.2 Å². The summed E-state index contributed by atoms with van der Waals surface area (Å²) < 4.78 is 4.99. The molecule has 2 heterocycles. The maximum absolute atomic E-state index is 12.2. The van der Waals surface area contributed by atoms with Crippen LogP contribution in [-0.2, 0) is 0 Å². The Kier molecular flexibility index (Phi) is 3.45. The fourth-order valence-electron chi connectivity index (χ4n) is 1.87. The molecule has 1 atom stereocenters. The molecule has 2 aromatic heterocycles. The molecular formula is C12H16N4O2. The minimum Gasteiger partial charge on any atom is -0.361 e. The Morgan fingerprint density at radius 3 is 2.83 bits per heavy atom. The number of imidazole rings is 1. The molecule has 0 fully saturated rings. The average Bonchev–Trinajstić information content (AvgIpc) is 2.96. The number of carbonyl (C=O) groups is 1. The minimum atomic E-state index is -0.186. The van der Waals surface area contributed by atoms with Gasteiger partial charge >= 0.3 is 0 Å². The number of nitrogens with one attached hydrogen (secondary N) is 2. The molecular weight excluding hydrogens is 232 g/mol. The van der Waals surface area contributed by atoms with Crippen molar-refractivity contribution in [2.24, 2.45) is 0 Å². The Balaban J connectivity index is 2.16. The van der Waals surface area contributed by atoms with Crippen LogP contribution in [0.25, 0.3) is 0 Å². The Labute approximate surface area is 105 Å². The van der Waals surface area contributed by atoms with E-state index in [1.807, 2.05) is 6.92 Å². The lowest BCUT2D eigenvalue weighted by Gasteiger charge is -2.14. The Morgan fingerprint density at radius 2 is 2.33 bits per heavy atom. The molecule has 0 aromatic carbocycles. The van der Waals surface area contributed by atoms with Crippen LogP contribution >= 0.6 is 0 Å². The molecule has 6 nitrogen and oxygen atoms in total. The van der Waals surface area contributed by atoms with Crippen molar-refractivity contribution in [3.05, 3.63) is 35.2 Å². The summed E-state index contributed by atoms with van der Waals surface area (Å²) in [6.07, 6.45) is 4.16. The lowest BCUT2D eigenvalue weighted by atomic mass is 10.1. The molecule has 1 unspecified atom stereocenters. The van der Waals surface area contributed by atoms with Crippen molar-refractivity contribution in [2.75, 3.05) is 0 Å². The van der Waals surface area contributed by atoms with Gasteiger partial charge in [0.2, 0.25) is 0 Å². The van der Waals surface area contributed by atoms with E-state index in [-0.39, 0.29) is 11.9 Å². The highest BCUT2D eigenvalue weighted by molar-refractivity contribution is 5.96. The molecule has 2 rings (SSSR count). The van der Waals surface area contributed by atoms with E-state index in [9.17, 15) is 4.79 Å². The van der Waals surface area contributed by atoms with Gasteiger partial charge in [-0.3, -0.25) is 4.79 Å². The van der Waals surface area contributed by atoms with Gasteiger partial charge in [0.1, 0.15) is 17.1 Å². The van der Waals surface area contributed by atoms with Crippen LogP contribution in [0.4, 0.5) is 0 Å². The molecule has 0 saturated carbocycles.